The molecule has 0 amide bonds. The summed E-state index contributed by atoms with van der Waals surface area (Å²) in [4.78, 5) is 26.8. The number of esters is 2. The van der Waals surface area contributed by atoms with Crippen molar-refractivity contribution in [3.63, 3.8) is 0 Å². The molecule has 1 aliphatic rings. The number of ether oxygens (including phenoxy) is 2. The number of rotatable bonds is 7. The van der Waals surface area contributed by atoms with Crippen molar-refractivity contribution in [3.05, 3.63) is 130 Å². The van der Waals surface area contributed by atoms with Crippen LogP contribution in [-0.2, 0) is 38.5 Å². The van der Waals surface area contributed by atoms with Crippen LogP contribution in [0.4, 0.5) is 13.2 Å². The first kappa shape index (κ1) is 26.7. The van der Waals surface area contributed by atoms with E-state index in [4.69, 9.17) is 9.47 Å². The molecule has 0 aliphatic carbocycles. The monoisotopic (exact) mass is 521 g/mol. The lowest BCUT2D eigenvalue weighted by Crippen LogP contribution is -2.33. The lowest BCUT2D eigenvalue weighted by atomic mass is 9.78. The first-order valence-electron chi connectivity index (χ1n) is 11.9. The van der Waals surface area contributed by atoms with E-state index in [-0.39, 0.29) is 29.9 Å². The smallest absolute Gasteiger partial charge is 0.416 e. The summed E-state index contributed by atoms with van der Waals surface area (Å²) in [6, 6.07) is 22.7. The summed E-state index contributed by atoms with van der Waals surface area (Å²) in [6.07, 6.45) is -4.72. The number of hydrogen-bond acceptors (Lipinski definition) is 5. The second-order valence-electron chi connectivity index (χ2n) is 8.84. The zero-order valence-electron chi connectivity index (χ0n) is 20.8. The average molecular weight is 522 g/mol. The van der Waals surface area contributed by atoms with E-state index in [1.54, 1.807) is 62.4 Å². The summed E-state index contributed by atoms with van der Waals surface area (Å²) >= 11 is 0. The van der Waals surface area contributed by atoms with Crippen molar-refractivity contribution in [2.45, 2.75) is 39.2 Å². The molecule has 0 saturated carbocycles. The van der Waals surface area contributed by atoms with E-state index in [1.807, 2.05) is 12.1 Å². The van der Waals surface area contributed by atoms with Crippen LogP contribution in [0.25, 0.3) is 0 Å². The number of hydrogen-bond donors (Lipinski definition) is 1. The van der Waals surface area contributed by atoms with Gasteiger partial charge in [-0.3, -0.25) is 0 Å². The predicted molar refractivity (Wildman–Crippen MR) is 135 cm³/mol. The van der Waals surface area contributed by atoms with Crippen molar-refractivity contribution in [3.8, 4) is 0 Å². The fourth-order valence-electron chi connectivity index (χ4n) is 4.45. The normalized spacial score (nSPS) is 14.2. The van der Waals surface area contributed by atoms with E-state index in [1.165, 1.54) is 18.2 Å². The van der Waals surface area contributed by atoms with Gasteiger partial charge in [0.1, 0.15) is 13.2 Å². The first-order valence-corrected chi connectivity index (χ1v) is 11.9. The SMILES string of the molecule is CC1=C(C(=O)OCc2ccccc2)C(c2ccccc2C(F)(F)F)C(C(=O)OCc2ccccc2)=C(C)N1. The third kappa shape index (κ3) is 5.96. The topological polar surface area (TPSA) is 64.6 Å². The summed E-state index contributed by atoms with van der Waals surface area (Å²) in [6.45, 7) is 2.97. The molecule has 0 unspecified atom stereocenters. The van der Waals surface area contributed by atoms with Gasteiger partial charge >= 0.3 is 18.1 Å². The number of carbonyl (C=O) groups is 2. The number of allylic oxidation sites excluding steroid dienone is 2. The van der Waals surface area contributed by atoms with Gasteiger partial charge in [0.15, 0.2) is 0 Å². The van der Waals surface area contributed by atoms with Gasteiger partial charge in [-0.05, 0) is 36.6 Å². The Morgan fingerprint density at radius 1 is 0.711 bits per heavy atom. The number of carbonyl (C=O) groups excluding carboxylic acids is 2. The fourth-order valence-corrected chi connectivity index (χ4v) is 4.45. The summed E-state index contributed by atoms with van der Waals surface area (Å²) in [5.74, 6) is -3.02. The van der Waals surface area contributed by atoms with Crippen molar-refractivity contribution in [2.75, 3.05) is 0 Å². The van der Waals surface area contributed by atoms with Gasteiger partial charge in [-0.1, -0.05) is 78.9 Å². The Labute approximate surface area is 218 Å². The molecule has 1 heterocycles. The van der Waals surface area contributed by atoms with Crippen molar-refractivity contribution >= 4 is 11.9 Å². The van der Waals surface area contributed by atoms with Crippen LogP contribution in [0.15, 0.2) is 107 Å². The Kier molecular flexibility index (Phi) is 8.00. The second kappa shape index (κ2) is 11.4. The molecule has 38 heavy (non-hydrogen) atoms. The minimum Gasteiger partial charge on any atom is -0.457 e. The molecule has 1 aliphatic heterocycles. The molecule has 196 valence electrons. The van der Waals surface area contributed by atoms with Crippen LogP contribution in [0.1, 0.15) is 42.0 Å². The van der Waals surface area contributed by atoms with Gasteiger partial charge in [-0.15, -0.1) is 0 Å². The molecule has 0 bridgehead atoms. The van der Waals surface area contributed by atoms with Gasteiger partial charge in [0.2, 0.25) is 0 Å². The van der Waals surface area contributed by atoms with E-state index in [9.17, 15) is 22.8 Å². The molecule has 0 radical (unpaired) electrons. The molecule has 8 heteroatoms. The van der Waals surface area contributed by atoms with E-state index in [2.05, 4.69) is 5.32 Å². The van der Waals surface area contributed by atoms with Gasteiger partial charge in [0.25, 0.3) is 0 Å². The van der Waals surface area contributed by atoms with Gasteiger partial charge < -0.3 is 14.8 Å². The Balaban J connectivity index is 1.75. The third-order valence-corrected chi connectivity index (χ3v) is 6.20. The summed E-state index contributed by atoms with van der Waals surface area (Å²) in [5, 5.41) is 2.97. The lowest BCUT2D eigenvalue weighted by molar-refractivity contribution is -0.143. The van der Waals surface area contributed by atoms with Crippen molar-refractivity contribution in [1.82, 2.24) is 5.32 Å². The van der Waals surface area contributed by atoms with Crippen LogP contribution < -0.4 is 5.32 Å². The van der Waals surface area contributed by atoms with E-state index in [0.29, 0.717) is 22.5 Å². The van der Waals surface area contributed by atoms with Crippen molar-refractivity contribution in [2.24, 2.45) is 0 Å². The van der Waals surface area contributed by atoms with Gasteiger partial charge in [0, 0.05) is 11.4 Å². The molecule has 3 aromatic rings. The van der Waals surface area contributed by atoms with Crippen LogP contribution in [-0.4, -0.2) is 11.9 Å². The molecule has 1 N–H and O–H groups in total. The average Bonchev–Trinajstić information content (AvgIpc) is 2.90. The number of benzene rings is 3. The summed E-state index contributed by atoms with van der Waals surface area (Å²) in [7, 11) is 0. The Hall–Kier alpha value is -4.33. The first-order chi connectivity index (χ1) is 18.2. The molecule has 0 spiro atoms. The van der Waals surface area contributed by atoms with Crippen LogP contribution >= 0.6 is 0 Å². The van der Waals surface area contributed by atoms with E-state index < -0.39 is 29.6 Å². The zero-order valence-corrected chi connectivity index (χ0v) is 20.8. The number of nitrogens with one attached hydrogen (secondary N) is 1. The maximum atomic E-state index is 14.1. The fraction of sp³-hybridized carbons (Fsp3) is 0.200. The minimum atomic E-state index is -4.72. The predicted octanol–water partition coefficient (Wildman–Crippen LogP) is 6.43. The molecule has 3 aromatic carbocycles. The summed E-state index contributed by atoms with van der Waals surface area (Å²) < 4.78 is 53.4. The Morgan fingerprint density at radius 3 is 1.58 bits per heavy atom. The van der Waals surface area contributed by atoms with Crippen LogP contribution in [0.2, 0.25) is 0 Å². The Morgan fingerprint density at radius 2 is 1.13 bits per heavy atom. The van der Waals surface area contributed by atoms with Gasteiger partial charge in [-0.2, -0.15) is 13.2 Å². The summed E-state index contributed by atoms with van der Waals surface area (Å²) in [5.41, 5.74) is 0.649. The quantitative estimate of drug-likeness (QED) is 0.363. The van der Waals surface area contributed by atoms with Crippen molar-refractivity contribution in [1.29, 1.82) is 0 Å². The van der Waals surface area contributed by atoms with Crippen LogP contribution in [0.5, 0.6) is 0 Å². The number of dihydropyridines is 1. The molecule has 0 fully saturated rings. The molecule has 0 aromatic heterocycles. The maximum absolute atomic E-state index is 14.1. The minimum absolute atomic E-state index is 0.0828. The lowest BCUT2D eigenvalue weighted by Gasteiger charge is -2.32. The molecule has 0 atom stereocenters. The van der Waals surface area contributed by atoms with Crippen LogP contribution in [0.3, 0.4) is 0 Å². The third-order valence-electron chi connectivity index (χ3n) is 6.20. The highest BCUT2D eigenvalue weighted by Gasteiger charge is 2.43. The molecule has 0 saturated heterocycles. The highest BCUT2D eigenvalue weighted by Crippen LogP contribution is 2.44. The highest BCUT2D eigenvalue weighted by molar-refractivity contribution is 6.00. The molecular weight excluding hydrogens is 495 g/mol. The Bertz CT molecular complexity index is 1300. The molecular formula is C30H26F3NO4. The van der Waals surface area contributed by atoms with Gasteiger partial charge in [0.05, 0.1) is 22.6 Å². The second-order valence-corrected chi connectivity index (χ2v) is 8.84. The molecule has 4 rings (SSSR count). The zero-order chi connectivity index (χ0) is 27.3. The van der Waals surface area contributed by atoms with E-state index in [0.717, 1.165) is 6.07 Å². The van der Waals surface area contributed by atoms with Gasteiger partial charge in [-0.25, -0.2) is 9.59 Å². The van der Waals surface area contributed by atoms with Crippen LogP contribution in [0, 0.1) is 0 Å². The molecule has 5 nitrogen and oxygen atoms in total. The number of alkyl halides is 3. The van der Waals surface area contributed by atoms with Crippen molar-refractivity contribution < 1.29 is 32.2 Å². The largest absolute Gasteiger partial charge is 0.457 e. The standard InChI is InChI=1S/C30H26F3NO4/c1-19-25(28(35)37-17-21-11-5-3-6-12-21)27(23-15-9-10-16-24(23)30(31,32)33)26(20(2)34-19)29(36)38-18-22-13-7-4-8-14-22/h3-16,27,34H,17-18H2,1-2H3. The highest BCUT2D eigenvalue weighted by atomic mass is 19.4. The van der Waals surface area contributed by atoms with E-state index >= 15 is 0 Å². The number of halogens is 3. The maximum Gasteiger partial charge on any atom is 0.416 e.